The van der Waals surface area contributed by atoms with Crippen molar-refractivity contribution >= 4 is 21.6 Å². The van der Waals surface area contributed by atoms with E-state index in [4.69, 9.17) is 10.9 Å². The van der Waals surface area contributed by atoms with Gasteiger partial charge in [0.15, 0.2) is 15.7 Å². The minimum atomic E-state index is -3.10. The first-order valence-electron chi connectivity index (χ1n) is 6.22. The van der Waals surface area contributed by atoms with E-state index in [1.165, 1.54) is 18.3 Å². The van der Waals surface area contributed by atoms with E-state index < -0.39 is 21.3 Å². The molecule has 1 aromatic heterocycles. The van der Waals surface area contributed by atoms with Crippen molar-refractivity contribution in [3.05, 3.63) is 29.6 Å². The number of aromatic nitrogens is 1. The van der Waals surface area contributed by atoms with Gasteiger partial charge in [-0.2, -0.15) is 0 Å². The van der Waals surface area contributed by atoms with Crippen LogP contribution >= 0.6 is 0 Å². The van der Waals surface area contributed by atoms with Crippen LogP contribution in [0, 0.1) is 0 Å². The van der Waals surface area contributed by atoms with Crippen LogP contribution in [0.5, 0.6) is 0 Å². The third kappa shape index (κ3) is 3.48. The largest absolute Gasteiger partial charge is 0.409 e. The van der Waals surface area contributed by atoms with Crippen molar-refractivity contribution < 1.29 is 18.4 Å². The van der Waals surface area contributed by atoms with Crippen LogP contribution in [0.3, 0.4) is 0 Å². The zero-order valence-corrected chi connectivity index (χ0v) is 12.2. The van der Waals surface area contributed by atoms with Crippen LogP contribution in [0.2, 0.25) is 0 Å². The van der Waals surface area contributed by atoms with Gasteiger partial charge in [0.1, 0.15) is 5.69 Å². The Kier molecular flexibility index (Phi) is 3.86. The molecule has 0 aliphatic carbocycles. The maximum absolute atomic E-state index is 12.1. The van der Waals surface area contributed by atoms with E-state index in [0.29, 0.717) is 12.0 Å². The third-order valence-electron chi connectivity index (χ3n) is 3.32. The lowest BCUT2D eigenvalue weighted by Crippen LogP contribution is -2.47. The van der Waals surface area contributed by atoms with E-state index in [-0.39, 0.29) is 23.0 Å². The molecule has 0 bridgehead atoms. The molecule has 9 heteroatoms. The molecule has 1 aromatic rings. The lowest BCUT2D eigenvalue weighted by atomic mass is 10.0. The highest BCUT2D eigenvalue weighted by Crippen LogP contribution is 2.23. The van der Waals surface area contributed by atoms with E-state index in [9.17, 15) is 13.2 Å². The molecule has 2 rings (SSSR count). The number of hydrogen-bond donors (Lipinski definition) is 3. The molecule has 1 saturated heterocycles. The third-order valence-corrected chi connectivity index (χ3v) is 5.22. The Balaban J connectivity index is 2.11. The highest BCUT2D eigenvalue weighted by Gasteiger charge is 2.39. The zero-order chi connectivity index (χ0) is 15.7. The number of nitrogens with zero attached hydrogens (tertiary/aromatic N) is 2. The Labute approximate surface area is 122 Å². The van der Waals surface area contributed by atoms with Crippen molar-refractivity contribution in [2.45, 2.75) is 18.9 Å². The van der Waals surface area contributed by atoms with Crippen molar-refractivity contribution in [3.8, 4) is 0 Å². The SMILES string of the molecule is CC1(NC(=O)c2ccc(C(N)=NO)cn2)CCS(=O)(=O)C1. The molecule has 1 atom stereocenters. The minimum Gasteiger partial charge on any atom is -0.409 e. The van der Waals surface area contributed by atoms with Crippen LogP contribution in [-0.2, 0) is 9.84 Å². The molecule has 8 nitrogen and oxygen atoms in total. The second-order valence-corrected chi connectivity index (χ2v) is 7.46. The lowest BCUT2D eigenvalue weighted by Gasteiger charge is -2.23. The normalized spacial score (nSPS) is 24.7. The number of amides is 1. The van der Waals surface area contributed by atoms with Gasteiger partial charge in [-0.25, -0.2) is 8.42 Å². The summed E-state index contributed by atoms with van der Waals surface area (Å²) in [6.45, 7) is 1.69. The molecule has 114 valence electrons. The van der Waals surface area contributed by atoms with Crippen LogP contribution in [0.1, 0.15) is 29.4 Å². The highest BCUT2D eigenvalue weighted by molar-refractivity contribution is 7.91. The van der Waals surface area contributed by atoms with Gasteiger partial charge in [-0.05, 0) is 25.5 Å². The van der Waals surface area contributed by atoms with Gasteiger partial charge in [-0.3, -0.25) is 9.78 Å². The number of pyridine rings is 1. The molecule has 1 fully saturated rings. The summed E-state index contributed by atoms with van der Waals surface area (Å²) in [7, 11) is -3.10. The zero-order valence-electron chi connectivity index (χ0n) is 11.4. The maximum atomic E-state index is 12.1. The van der Waals surface area contributed by atoms with E-state index in [2.05, 4.69) is 15.5 Å². The first-order chi connectivity index (χ1) is 9.75. The standard InChI is InChI=1S/C12H16N4O4S/c1-12(4-5-21(19,20)7-12)15-11(17)9-3-2-8(6-14-9)10(13)16-18/h2-3,6,18H,4-5,7H2,1H3,(H2,13,16)(H,15,17). The fourth-order valence-corrected chi connectivity index (χ4v) is 4.28. The summed E-state index contributed by atoms with van der Waals surface area (Å²) in [5.74, 6) is -0.572. The smallest absolute Gasteiger partial charge is 0.270 e. The van der Waals surface area contributed by atoms with E-state index in [0.717, 1.165) is 0 Å². The van der Waals surface area contributed by atoms with Gasteiger partial charge in [0, 0.05) is 11.8 Å². The summed E-state index contributed by atoms with van der Waals surface area (Å²) in [6.07, 6.45) is 1.68. The molecule has 1 amide bonds. The summed E-state index contributed by atoms with van der Waals surface area (Å²) in [5, 5.41) is 14.1. The van der Waals surface area contributed by atoms with Gasteiger partial charge in [0.2, 0.25) is 0 Å². The summed E-state index contributed by atoms with van der Waals surface area (Å²) in [6, 6.07) is 2.92. The molecule has 4 N–H and O–H groups in total. The Hall–Kier alpha value is -2.16. The Morgan fingerprint density at radius 1 is 1.52 bits per heavy atom. The van der Waals surface area contributed by atoms with Crippen LogP contribution in [0.4, 0.5) is 0 Å². The number of oxime groups is 1. The van der Waals surface area contributed by atoms with Gasteiger partial charge >= 0.3 is 0 Å². The van der Waals surface area contributed by atoms with Gasteiger partial charge in [-0.15, -0.1) is 0 Å². The van der Waals surface area contributed by atoms with E-state index in [1.807, 2.05) is 0 Å². The number of nitrogens with one attached hydrogen (secondary N) is 1. The maximum Gasteiger partial charge on any atom is 0.270 e. The quantitative estimate of drug-likeness (QED) is 0.297. The Bertz CT molecular complexity index is 684. The van der Waals surface area contributed by atoms with Crippen molar-refractivity contribution in [2.75, 3.05) is 11.5 Å². The first kappa shape index (κ1) is 15.2. The molecule has 0 radical (unpaired) electrons. The second kappa shape index (κ2) is 5.32. The number of amidine groups is 1. The number of carbonyl (C=O) groups is 1. The predicted octanol–water partition coefficient (Wildman–Crippen LogP) is -0.517. The summed E-state index contributed by atoms with van der Waals surface area (Å²) >= 11 is 0. The Morgan fingerprint density at radius 3 is 2.71 bits per heavy atom. The monoisotopic (exact) mass is 312 g/mol. The van der Waals surface area contributed by atoms with Gasteiger partial charge < -0.3 is 16.3 Å². The number of rotatable bonds is 3. The molecule has 21 heavy (non-hydrogen) atoms. The Morgan fingerprint density at radius 2 is 2.24 bits per heavy atom. The average Bonchev–Trinajstić information content (AvgIpc) is 2.71. The molecule has 0 aromatic carbocycles. The highest BCUT2D eigenvalue weighted by atomic mass is 32.2. The minimum absolute atomic E-state index is 0.0691. The summed E-state index contributed by atoms with van der Waals surface area (Å²) in [5.41, 5.74) is 5.13. The molecule has 0 spiro atoms. The van der Waals surface area contributed by atoms with Gasteiger partial charge in [0.05, 0.1) is 17.0 Å². The van der Waals surface area contributed by atoms with Crippen LogP contribution in [0.15, 0.2) is 23.5 Å². The molecular weight excluding hydrogens is 296 g/mol. The van der Waals surface area contributed by atoms with Gasteiger partial charge in [0.25, 0.3) is 5.91 Å². The molecule has 0 saturated carbocycles. The van der Waals surface area contributed by atoms with Crippen molar-refractivity contribution in [2.24, 2.45) is 10.9 Å². The fourth-order valence-electron chi connectivity index (χ4n) is 2.18. The fraction of sp³-hybridized carbons (Fsp3) is 0.417. The molecule has 1 aliphatic heterocycles. The van der Waals surface area contributed by atoms with Gasteiger partial charge in [-0.1, -0.05) is 5.16 Å². The molecular formula is C12H16N4O4S. The van der Waals surface area contributed by atoms with Crippen molar-refractivity contribution in [1.82, 2.24) is 10.3 Å². The van der Waals surface area contributed by atoms with E-state index >= 15 is 0 Å². The summed E-state index contributed by atoms with van der Waals surface area (Å²) in [4.78, 5) is 16.0. The number of hydrogen-bond acceptors (Lipinski definition) is 6. The topological polar surface area (TPSA) is 135 Å². The number of nitrogens with two attached hydrogens (primary N) is 1. The van der Waals surface area contributed by atoms with Crippen molar-refractivity contribution in [1.29, 1.82) is 0 Å². The average molecular weight is 312 g/mol. The van der Waals surface area contributed by atoms with Crippen LogP contribution in [-0.4, -0.2) is 47.4 Å². The second-order valence-electron chi connectivity index (χ2n) is 5.27. The lowest BCUT2D eigenvalue weighted by molar-refractivity contribution is 0.0910. The molecule has 2 heterocycles. The van der Waals surface area contributed by atoms with Crippen molar-refractivity contribution in [3.63, 3.8) is 0 Å². The van der Waals surface area contributed by atoms with Crippen LogP contribution < -0.4 is 11.1 Å². The number of carbonyl (C=O) groups excluding carboxylic acids is 1. The summed E-state index contributed by atoms with van der Waals surface area (Å²) < 4.78 is 23.0. The van der Waals surface area contributed by atoms with Crippen LogP contribution in [0.25, 0.3) is 0 Å². The predicted molar refractivity (Wildman–Crippen MR) is 75.9 cm³/mol. The molecule has 1 unspecified atom stereocenters. The van der Waals surface area contributed by atoms with E-state index in [1.54, 1.807) is 6.92 Å². The first-order valence-corrected chi connectivity index (χ1v) is 8.04. The molecule has 1 aliphatic rings. The number of sulfone groups is 1.